The molecule has 0 bridgehead atoms. The minimum absolute atomic E-state index is 0.00192. The number of amides is 2. The summed E-state index contributed by atoms with van der Waals surface area (Å²) in [5.41, 5.74) is 2.53. The lowest BCUT2D eigenvalue weighted by molar-refractivity contribution is -0.142. The summed E-state index contributed by atoms with van der Waals surface area (Å²) in [6, 6.07) is 6.13. The largest absolute Gasteiger partial charge is 0.497 e. The summed E-state index contributed by atoms with van der Waals surface area (Å²) in [4.78, 5) is 28.3. The molecular weight excluding hydrogens is 332 g/mol. The summed E-state index contributed by atoms with van der Waals surface area (Å²) >= 11 is 0. The molecule has 1 fully saturated rings. The highest BCUT2D eigenvalue weighted by atomic mass is 16.5. The maximum absolute atomic E-state index is 12.7. The molecule has 1 aromatic carbocycles. The first kappa shape index (κ1) is 18.7. The molecule has 1 atom stereocenters. The van der Waals surface area contributed by atoms with Crippen LogP contribution in [0.4, 0.5) is 0 Å². The number of benzene rings is 1. The first-order valence-corrected chi connectivity index (χ1v) is 9.34. The number of carbonyl (C=O) groups is 2. The van der Waals surface area contributed by atoms with Crippen LogP contribution in [0.2, 0.25) is 0 Å². The molecular formula is C20H28N2O4. The Hall–Kier alpha value is -2.08. The molecule has 6 nitrogen and oxygen atoms in total. The van der Waals surface area contributed by atoms with E-state index in [-0.39, 0.29) is 24.3 Å². The molecule has 0 radical (unpaired) electrons. The monoisotopic (exact) mass is 360 g/mol. The van der Waals surface area contributed by atoms with Crippen molar-refractivity contribution >= 4 is 11.8 Å². The van der Waals surface area contributed by atoms with Crippen LogP contribution in [0.1, 0.15) is 36.3 Å². The van der Waals surface area contributed by atoms with Gasteiger partial charge in [-0.2, -0.15) is 0 Å². The Bertz CT molecular complexity index is 655. The van der Waals surface area contributed by atoms with Crippen molar-refractivity contribution in [3.8, 4) is 5.75 Å². The second-order valence-electron chi connectivity index (χ2n) is 7.10. The van der Waals surface area contributed by atoms with E-state index in [1.165, 1.54) is 11.1 Å². The summed E-state index contributed by atoms with van der Waals surface area (Å²) in [6.45, 7) is 2.51. The van der Waals surface area contributed by atoms with E-state index >= 15 is 0 Å². The third-order valence-corrected chi connectivity index (χ3v) is 5.37. The number of aryl methyl sites for hydroxylation is 1. The highest BCUT2D eigenvalue weighted by molar-refractivity contribution is 5.85. The fraction of sp³-hybridized carbons (Fsp3) is 0.600. The van der Waals surface area contributed by atoms with Crippen molar-refractivity contribution in [1.82, 2.24) is 9.80 Å². The van der Waals surface area contributed by atoms with E-state index in [0.717, 1.165) is 25.0 Å². The molecule has 1 heterocycles. The van der Waals surface area contributed by atoms with Crippen molar-refractivity contribution in [1.29, 1.82) is 0 Å². The zero-order valence-corrected chi connectivity index (χ0v) is 15.7. The summed E-state index contributed by atoms with van der Waals surface area (Å²) < 4.78 is 10.6. The first-order valence-electron chi connectivity index (χ1n) is 9.34. The molecule has 142 valence electrons. The molecule has 0 saturated carbocycles. The van der Waals surface area contributed by atoms with Gasteiger partial charge in [-0.1, -0.05) is 6.07 Å². The van der Waals surface area contributed by atoms with Gasteiger partial charge in [-0.05, 0) is 48.4 Å². The molecule has 0 spiro atoms. The Morgan fingerprint density at radius 1 is 1.31 bits per heavy atom. The Kier molecular flexibility index (Phi) is 6.14. The molecule has 2 aliphatic rings. The van der Waals surface area contributed by atoms with E-state index in [4.69, 9.17) is 9.47 Å². The van der Waals surface area contributed by atoms with Gasteiger partial charge in [0.15, 0.2) is 0 Å². The van der Waals surface area contributed by atoms with Crippen molar-refractivity contribution in [2.45, 2.75) is 31.6 Å². The van der Waals surface area contributed by atoms with E-state index in [2.05, 4.69) is 12.1 Å². The normalized spacial score (nSPS) is 19.6. The van der Waals surface area contributed by atoms with E-state index in [1.54, 1.807) is 24.0 Å². The predicted molar refractivity (Wildman–Crippen MR) is 98.3 cm³/mol. The summed E-state index contributed by atoms with van der Waals surface area (Å²) in [7, 11) is 3.39. The van der Waals surface area contributed by atoms with Gasteiger partial charge >= 0.3 is 0 Å². The molecule has 6 heteroatoms. The van der Waals surface area contributed by atoms with Gasteiger partial charge in [0, 0.05) is 26.6 Å². The quantitative estimate of drug-likeness (QED) is 0.804. The number of methoxy groups -OCH3 is 1. The van der Waals surface area contributed by atoms with Crippen LogP contribution >= 0.6 is 0 Å². The van der Waals surface area contributed by atoms with Crippen LogP contribution in [0.5, 0.6) is 5.75 Å². The number of rotatable bonds is 5. The molecule has 26 heavy (non-hydrogen) atoms. The second-order valence-corrected chi connectivity index (χ2v) is 7.10. The topological polar surface area (TPSA) is 59.1 Å². The van der Waals surface area contributed by atoms with Gasteiger partial charge in [-0.15, -0.1) is 0 Å². The van der Waals surface area contributed by atoms with Gasteiger partial charge in [0.2, 0.25) is 11.8 Å². The number of nitrogens with zero attached hydrogens (tertiary/aromatic N) is 2. The fourth-order valence-electron chi connectivity index (χ4n) is 3.80. The van der Waals surface area contributed by atoms with Crippen molar-refractivity contribution in [3.05, 3.63) is 29.3 Å². The lowest BCUT2D eigenvalue weighted by Gasteiger charge is -2.30. The van der Waals surface area contributed by atoms with Crippen LogP contribution in [-0.4, -0.2) is 68.6 Å². The van der Waals surface area contributed by atoms with Gasteiger partial charge in [0.25, 0.3) is 0 Å². The SMILES string of the molecule is COc1ccc2c(c1)CCCC2CC(=O)N(C)CC(=O)N1CCOCC1. The van der Waals surface area contributed by atoms with Crippen molar-refractivity contribution in [3.63, 3.8) is 0 Å². The maximum atomic E-state index is 12.7. The van der Waals surface area contributed by atoms with Gasteiger partial charge in [-0.3, -0.25) is 9.59 Å². The van der Waals surface area contributed by atoms with E-state index in [9.17, 15) is 9.59 Å². The van der Waals surface area contributed by atoms with Crippen molar-refractivity contribution < 1.29 is 19.1 Å². The smallest absolute Gasteiger partial charge is 0.242 e. The number of likely N-dealkylation sites (N-methyl/N-ethyl adjacent to an activating group) is 1. The zero-order chi connectivity index (χ0) is 18.5. The molecule has 1 unspecified atom stereocenters. The van der Waals surface area contributed by atoms with Gasteiger partial charge in [0.1, 0.15) is 5.75 Å². The standard InChI is InChI=1S/C20H28N2O4/c1-21(14-20(24)22-8-10-26-11-9-22)19(23)13-16-5-3-4-15-12-17(25-2)6-7-18(15)16/h6-7,12,16H,3-5,8-11,13-14H2,1-2H3. The van der Waals surface area contributed by atoms with Crippen LogP contribution in [-0.2, 0) is 20.7 Å². The lowest BCUT2D eigenvalue weighted by Crippen LogP contribution is -2.46. The van der Waals surface area contributed by atoms with Gasteiger partial charge in [-0.25, -0.2) is 0 Å². The highest BCUT2D eigenvalue weighted by Crippen LogP contribution is 2.36. The number of carbonyl (C=O) groups excluding carboxylic acids is 2. The molecule has 1 aliphatic heterocycles. The highest BCUT2D eigenvalue weighted by Gasteiger charge is 2.26. The zero-order valence-electron chi connectivity index (χ0n) is 15.7. The molecule has 3 rings (SSSR count). The Labute approximate surface area is 155 Å². The second kappa shape index (κ2) is 8.54. The molecule has 1 aliphatic carbocycles. The fourth-order valence-corrected chi connectivity index (χ4v) is 3.80. The molecule has 0 N–H and O–H groups in total. The average Bonchev–Trinajstić information content (AvgIpc) is 2.68. The van der Waals surface area contributed by atoms with Gasteiger partial charge in [0.05, 0.1) is 26.9 Å². The van der Waals surface area contributed by atoms with Crippen LogP contribution in [0.3, 0.4) is 0 Å². The summed E-state index contributed by atoms with van der Waals surface area (Å²) in [5.74, 6) is 1.11. The number of hydrogen-bond acceptors (Lipinski definition) is 4. The van der Waals surface area contributed by atoms with Crippen LogP contribution < -0.4 is 4.74 Å². The maximum Gasteiger partial charge on any atom is 0.242 e. The van der Waals surface area contributed by atoms with Crippen molar-refractivity contribution in [2.75, 3.05) is 47.0 Å². The Balaban J connectivity index is 1.58. The third kappa shape index (κ3) is 4.36. The number of ether oxygens (including phenoxy) is 2. The minimum Gasteiger partial charge on any atom is -0.497 e. The van der Waals surface area contributed by atoms with E-state index in [1.807, 2.05) is 6.07 Å². The average molecular weight is 360 g/mol. The minimum atomic E-state index is -0.00192. The van der Waals surface area contributed by atoms with Crippen molar-refractivity contribution in [2.24, 2.45) is 0 Å². The molecule has 0 aromatic heterocycles. The summed E-state index contributed by atoms with van der Waals surface area (Å²) in [5, 5.41) is 0. The summed E-state index contributed by atoms with van der Waals surface area (Å²) in [6.07, 6.45) is 3.57. The Morgan fingerprint density at radius 2 is 2.08 bits per heavy atom. The van der Waals surface area contributed by atoms with Crippen LogP contribution in [0.25, 0.3) is 0 Å². The third-order valence-electron chi connectivity index (χ3n) is 5.37. The first-order chi connectivity index (χ1) is 12.6. The van der Waals surface area contributed by atoms with Crippen LogP contribution in [0, 0.1) is 0 Å². The van der Waals surface area contributed by atoms with E-state index in [0.29, 0.717) is 32.7 Å². The van der Waals surface area contributed by atoms with E-state index < -0.39 is 0 Å². The number of morpholine rings is 1. The number of fused-ring (bicyclic) bond motifs is 1. The Morgan fingerprint density at radius 3 is 2.81 bits per heavy atom. The predicted octanol–water partition coefficient (Wildman–Crippen LogP) is 1.82. The molecule has 1 aromatic rings. The lowest BCUT2D eigenvalue weighted by atomic mass is 9.81. The van der Waals surface area contributed by atoms with Crippen LogP contribution in [0.15, 0.2) is 18.2 Å². The molecule has 1 saturated heterocycles. The van der Waals surface area contributed by atoms with Gasteiger partial charge < -0.3 is 19.3 Å². The molecule has 2 amide bonds. The number of hydrogen-bond donors (Lipinski definition) is 0.